The Labute approximate surface area is 149 Å². The van der Waals surface area contributed by atoms with Crippen molar-refractivity contribution in [3.8, 4) is 0 Å². The number of rotatable bonds is 6. The van der Waals surface area contributed by atoms with Crippen LogP contribution in [0, 0.1) is 18.8 Å². The smallest absolute Gasteiger partial charge is 0.247 e. The maximum absolute atomic E-state index is 12.7. The van der Waals surface area contributed by atoms with Crippen molar-refractivity contribution in [2.75, 3.05) is 36.8 Å². The van der Waals surface area contributed by atoms with Crippen LogP contribution in [0.1, 0.15) is 19.4 Å². The second kappa shape index (κ2) is 8.16. The maximum Gasteiger partial charge on any atom is 0.247 e. The van der Waals surface area contributed by atoms with Gasteiger partial charge in [-0.2, -0.15) is 4.31 Å². The quantitative estimate of drug-likeness (QED) is 0.581. The molecule has 0 bridgehead atoms. The van der Waals surface area contributed by atoms with Gasteiger partial charge >= 0.3 is 0 Å². The van der Waals surface area contributed by atoms with Gasteiger partial charge in [0.1, 0.15) is 0 Å². The molecule has 0 aromatic heterocycles. The van der Waals surface area contributed by atoms with E-state index < -0.39 is 21.8 Å². The summed E-state index contributed by atoms with van der Waals surface area (Å²) in [5.41, 5.74) is 3.87. The lowest BCUT2D eigenvalue weighted by atomic mass is 9.97. The zero-order valence-corrected chi connectivity index (χ0v) is 15.8. The Morgan fingerprint density at radius 2 is 1.80 bits per heavy atom. The molecule has 1 aromatic rings. The fraction of sp³-hybridized carbons (Fsp3) is 0.588. The molecule has 1 heterocycles. The van der Waals surface area contributed by atoms with Crippen LogP contribution in [0.5, 0.6) is 0 Å². The number of carbonyl (C=O) groups excluding carboxylic acids is 1. The number of para-hydroxylation sites is 1. The molecule has 8 heteroatoms. The third kappa shape index (κ3) is 4.71. The molecule has 25 heavy (non-hydrogen) atoms. The van der Waals surface area contributed by atoms with Gasteiger partial charge < -0.3 is 4.90 Å². The molecular formula is C17H27N3O4S. The molecule has 1 aliphatic heterocycles. The third-order valence-corrected chi connectivity index (χ3v) is 6.66. The van der Waals surface area contributed by atoms with Gasteiger partial charge in [-0.15, -0.1) is 0 Å². The van der Waals surface area contributed by atoms with Gasteiger partial charge in [0.25, 0.3) is 0 Å². The number of anilines is 1. The Kier molecular flexibility index (Phi) is 6.42. The molecule has 1 aromatic carbocycles. The Morgan fingerprint density at radius 1 is 1.20 bits per heavy atom. The van der Waals surface area contributed by atoms with E-state index in [0.29, 0.717) is 26.2 Å². The molecule has 1 fully saturated rings. The highest BCUT2D eigenvalue weighted by molar-refractivity contribution is 7.89. The number of carbonyl (C=O) groups is 1. The molecule has 1 saturated heterocycles. The van der Waals surface area contributed by atoms with Gasteiger partial charge in [-0.25, -0.2) is 13.9 Å². The summed E-state index contributed by atoms with van der Waals surface area (Å²) in [6, 6.07) is 8.04. The summed E-state index contributed by atoms with van der Waals surface area (Å²) in [7, 11) is -3.56. The number of benzene rings is 1. The van der Waals surface area contributed by atoms with Crippen molar-refractivity contribution in [2.24, 2.45) is 11.8 Å². The molecule has 2 N–H and O–H groups in total. The Bertz CT molecular complexity index is 698. The molecule has 0 radical (unpaired) electrons. The molecule has 1 unspecified atom stereocenters. The molecule has 1 amide bonds. The van der Waals surface area contributed by atoms with Gasteiger partial charge in [-0.3, -0.25) is 10.0 Å². The standard InChI is InChI=1S/C17H27N3O4S/c1-13(2)15(17(21)18-22)12-25(23,24)20-10-8-19(9-11-20)16-7-5-4-6-14(16)3/h4-7,13,15,22H,8-12H2,1-3H3,(H,18,21). The topological polar surface area (TPSA) is 90.0 Å². The molecule has 1 aliphatic rings. The number of hydrogen-bond acceptors (Lipinski definition) is 5. The second-order valence-corrected chi connectivity index (χ2v) is 8.79. The van der Waals surface area contributed by atoms with Gasteiger partial charge in [0, 0.05) is 31.9 Å². The Hall–Kier alpha value is -1.64. The van der Waals surface area contributed by atoms with E-state index in [1.54, 1.807) is 19.3 Å². The fourth-order valence-corrected chi connectivity index (χ4v) is 5.03. The molecular weight excluding hydrogens is 342 g/mol. The van der Waals surface area contributed by atoms with E-state index in [0.717, 1.165) is 5.69 Å². The summed E-state index contributed by atoms with van der Waals surface area (Å²) < 4.78 is 26.8. The monoisotopic (exact) mass is 369 g/mol. The Morgan fingerprint density at radius 3 is 2.32 bits per heavy atom. The molecule has 140 valence electrons. The minimum absolute atomic E-state index is 0.185. The van der Waals surface area contributed by atoms with Crippen LogP contribution >= 0.6 is 0 Å². The zero-order valence-electron chi connectivity index (χ0n) is 15.0. The first-order chi connectivity index (χ1) is 11.8. The second-order valence-electron chi connectivity index (χ2n) is 6.78. The lowest BCUT2D eigenvalue weighted by Crippen LogP contribution is -2.51. The first kappa shape index (κ1) is 19.7. The van der Waals surface area contributed by atoms with E-state index in [1.807, 2.05) is 31.2 Å². The highest BCUT2D eigenvalue weighted by Gasteiger charge is 2.33. The van der Waals surface area contributed by atoms with E-state index in [4.69, 9.17) is 5.21 Å². The fourth-order valence-electron chi connectivity index (χ4n) is 3.11. The van der Waals surface area contributed by atoms with Crippen LogP contribution in [0.4, 0.5) is 5.69 Å². The summed E-state index contributed by atoms with van der Waals surface area (Å²) in [5, 5.41) is 8.83. The minimum Gasteiger partial charge on any atom is -0.369 e. The summed E-state index contributed by atoms with van der Waals surface area (Å²) in [6.07, 6.45) is 0. The van der Waals surface area contributed by atoms with Crippen molar-refractivity contribution >= 4 is 21.6 Å². The normalized spacial score (nSPS) is 17.6. The number of nitrogens with one attached hydrogen (secondary N) is 1. The van der Waals surface area contributed by atoms with Crippen LogP contribution in [0.25, 0.3) is 0 Å². The van der Waals surface area contributed by atoms with Crippen LogP contribution < -0.4 is 10.4 Å². The lowest BCUT2D eigenvalue weighted by Gasteiger charge is -2.36. The van der Waals surface area contributed by atoms with E-state index in [9.17, 15) is 13.2 Å². The number of sulfonamides is 1. The number of hydroxylamine groups is 1. The van der Waals surface area contributed by atoms with Gasteiger partial charge in [-0.1, -0.05) is 32.0 Å². The van der Waals surface area contributed by atoms with Crippen LogP contribution in [-0.2, 0) is 14.8 Å². The van der Waals surface area contributed by atoms with E-state index >= 15 is 0 Å². The first-order valence-electron chi connectivity index (χ1n) is 8.48. The van der Waals surface area contributed by atoms with Crippen LogP contribution in [0.3, 0.4) is 0 Å². The minimum atomic E-state index is -3.56. The lowest BCUT2D eigenvalue weighted by molar-refractivity contribution is -0.134. The average molecular weight is 369 g/mol. The number of amides is 1. The highest BCUT2D eigenvalue weighted by atomic mass is 32.2. The van der Waals surface area contributed by atoms with Crippen LogP contribution in [0.2, 0.25) is 0 Å². The summed E-state index contributed by atoms with van der Waals surface area (Å²) >= 11 is 0. The molecule has 0 saturated carbocycles. The summed E-state index contributed by atoms with van der Waals surface area (Å²) in [6.45, 7) is 7.59. The third-order valence-electron chi connectivity index (χ3n) is 4.73. The molecule has 0 spiro atoms. The van der Waals surface area contributed by atoms with Gasteiger partial charge in [0.15, 0.2) is 0 Å². The molecule has 0 aliphatic carbocycles. The van der Waals surface area contributed by atoms with Crippen molar-refractivity contribution in [3.05, 3.63) is 29.8 Å². The average Bonchev–Trinajstić information content (AvgIpc) is 2.59. The SMILES string of the molecule is Cc1ccccc1N1CCN(S(=O)(=O)CC(C(=O)NO)C(C)C)CC1. The zero-order chi connectivity index (χ0) is 18.6. The van der Waals surface area contributed by atoms with E-state index in [2.05, 4.69) is 4.90 Å². The van der Waals surface area contributed by atoms with Crippen LogP contribution in [0.15, 0.2) is 24.3 Å². The van der Waals surface area contributed by atoms with Crippen LogP contribution in [-0.4, -0.2) is 55.8 Å². The molecule has 2 rings (SSSR count). The summed E-state index contributed by atoms with van der Waals surface area (Å²) in [4.78, 5) is 13.9. The van der Waals surface area contributed by atoms with Gasteiger partial charge in [0.2, 0.25) is 15.9 Å². The van der Waals surface area contributed by atoms with Crippen molar-refractivity contribution < 1.29 is 18.4 Å². The predicted molar refractivity (Wildman–Crippen MR) is 97.0 cm³/mol. The van der Waals surface area contributed by atoms with E-state index in [-0.39, 0.29) is 11.7 Å². The molecule has 1 atom stereocenters. The number of nitrogens with zero attached hydrogens (tertiary/aromatic N) is 2. The van der Waals surface area contributed by atoms with Crippen molar-refractivity contribution in [2.45, 2.75) is 20.8 Å². The number of piperazine rings is 1. The van der Waals surface area contributed by atoms with Gasteiger partial charge in [-0.05, 0) is 24.5 Å². The summed E-state index contributed by atoms with van der Waals surface area (Å²) in [5.74, 6) is -1.90. The van der Waals surface area contributed by atoms with Crippen molar-refractivity contribution in [1.82, 2.24) is 9.79 Å². The highest BCUT2D eigenvalue weighted by Crippen LogP contribution is 2.23. The number of hydrogen-bond donors (Lipinski definition) is 2. The van der Waals surface area contributed by atoms with Crippen molar-refractivity contribution in [1.29, 1.82) is 0 Å². The number of aryl methyl sites for hydroxylation is 1. The Balaban J connectivity index is 2.03. The van der Waals surface area contributed by atoms with E-state index in [1.165, 1.54) is 9.87 Å². The first-order valence-corrected chi connectivity index (χ1v) is 10.1. The van der Waals surface area contributed by atoms with Crippen molar-refractivity contribution in [3.63, 3.8) is 0 Å². The maximum atomic E-state index is 12.7. The molecule has 7 nitrogen and oxygen atoms in total. The predicted octanol–water partition coefficient (Wildman–Crippen LogP) is 1.22. The largest absolute Gasteiger partial charge is 0.369 e. The van der Waals surface area contributed by atoms with Gasteiger partial charge in [0.05, 0.1) is 11.7 Å².